The van der Waals surface area contributed by atoms with Crippen molar-refractivity contribution >= 4 is 10.1 Å². The van der Waals surface area contributed by atoms with E-state index in [9.17, 15) is 21.6 Å². The number of rotatable bonds is 7. The first-order valence-corrected chi connectivity index (χ1v) is 12.0. The third-order valence-corrected chi connectivity index (χ3v) is 7.21. The molecule has 0 saturated carbocycles. The van der Waals surface area contributed by atoms with Gasteiger partial charge in [0.1, 0.15) is 5.75 Å². The smallest absolute Gasteiger partial charge is 0.376 e. The molecular formula is C21H31F3N2O3S. The molecule has 1 unspecified atom stereocenters. The Balaban J connectivity index is 1.70. The zero-order chi connectivity index (χ0) is 21.9. The van der Waals surface area contributed by atoms with Crippen LogP contribution in [-0.4, -0.2) is 63.0 Å². The second kappa shape index (κ2) is 9.44. The minimum Gasteiger partial charge on any atom is -0.376 e. The third-order valence-electron chi connectivity index (χ3n) is 6.23. The summed E-state index contributed by atoms with van der Waals surface area (Å²) in [6, 6.07) is 4.77. The van der Waals surface area contributed by atoms with Crippen LogP contribution < -0.4 is 4.18 Å². The molecule has 0 bridgehead atoms. The summed E-state index contributed by atoms with van der Waals surface area (Å²) in [6.07, 6.45) is 5.95. The first-order valence-electron chi connectivity index (χ1n) is 10.6. The van der Waals surface area contributed by atoms with E-state index in [-0.39, 0.29) is 5.75 Å². The number of alkyl halides is 3. The van der Waals surface area contributed by atoms with Crippen molar-refractivity contribution in [3.8, 4) is 5.75 Å². The molecule has 1 aromatic rings. The fourth-order valence-electron chi connectivity index (χ4n) is 4.54. The van der Waals surface area contributed by atoms with Gasteiger partial charge in [0.2, 0.25) is 0 Å². The minimum atomic E-state index is -5.65. The van der Waals surface area contributed by atoms with Crippen LogP contribution in [0.5, 0.6) is 5.75 Å². The Morgan fingerprint density at radius 1 is 1.17 bits per heavy atom. The summed E-state index contributed by atoms with van der Waals surface area (Å²) >= 11 is 0. The summed E-state index contributed by atoms with van der Waals surface area (Å²) in [7, 11) is -3.50. The standard InChI is InChI=1S/C21H31F3N2O3S/c1-3-10-26(15-16-8-11-25(2)12-9-16)19-6-4-17-5-7-20(14-18(17)13-19)29-30(27,28)21(22,23)24/h5,7,14,16,19H,3-4,6,8-13,15H2,1-2H3. The third kappa shape index (κ3) is 5.68. The lowest BCUT2D eigenvalue weighted by Crippen LogP contribution is -2.44. The van der Waals surface area contributed by atoms with Crippen molar-refractivity contribution in [1.29, 1.82) is 0 Å². The molecule has 0 amide bonds. The quantitative estimate of drug-likeness (QED) is 0.469. The molecule has 0 N–H and O–H groups in total. The van der Waals surface area contributed by atoms with Gasteiger partial charge in [0.25, 0.3) is 0 Å². The van der Waals surface area contributed by atoms with Gasteiger partial charge in [-0.3, -0.25) is 4.90 Å². The Bertz CT molecular complexity index is 821. The number of hydrogen-bond acceptors (Lipinski definition) is 5. The Morgan fingerprint density at radius 3 is 2.50 bits per heavy atom. The molecule has 0 spiro atoms. The van der Waals surface area contributed by atoms with E-state index in [0.29, 0.717) is 18.4 Å². The number of fused-ring (bicyclic) bond motifs is 1. The molecule has 1 aliphatic heterocycles. The molecule has 1 aliphatic carbocycles. The van der Waals surface area contributed by atoms with Crippen LogP contribution in [0.4, 0.5) is 13.2 Å². The molecule has 1 atom stereocenters. The van der Waals surface area contributed by atoms with E-state index < -0.39 is 15.6 Å². The molecule has 0 aromatic heterocycles. The molecule has 2 aliphatic rings. The first kappa shape index (κ1) is 23.3. The zero-order valence-electron chi connectivity index (χ0n) is 17.6. The largest absolute Gasteiger partial charge is 0.534 e. The summed E-state index contributed by atoms with van der Waals surface area (Å²) in [6.45, 7) is 6.43. The van der Waals surface area contributed by atoms with Crippen molar-refractivity contribution in [3.63, 3.8) is 0 Å². The van der Waals surface area contributed by atoms with Gasteiger partial charge in [0, 0.05) is 12.6 Å². The molecule has 1 fully saturated rings. The van der Waals surface area contributed by atoms with Crippen LogP contribution in [0.25, 0.3) is 0 Å². The fourth-order valence-corrected chi connectivity index (χ4v) is 4.99. The van der Waals surface area contributed by atoms with Gasteiger partial charge in [0.15, 0.2) is 0 Å². The van der Waals surface area contributed by atoms with Gasteiger partial charge >= 0.3 is 15.6 Å². The summed E-state index contributed by atoms with van der Waals surface area (Å²) in [4.78, 5) is 4.88. The topological polar surface area (TPSA) is 49.9 Å². The molecular weight excluding hydrogens is 417 g/mol. The van der Waals surface area contributed by atoms with Crippen LogP contribution in [0.2, 0.25) is 0 Å². The van der Waals surface area contributed by atoms with E-state index in [1.165, 1.54) is 25.0 Å². The van der Waals surface area contributed by atoms with Crippen molar-refractivity contribution in [2.24, 2.45) is 5.92 Å². The van der Waals surface area contributed by atoms with Crippen molar-refractivity contribution < 1.29 is 25.8 Å². The Morgan fingerprint density at radius 2 is 1.87 bits per heavy atom. The van der Waals surface area contributed by atoms with Gasteiger partial charge in [-0.1, -0.05) is 13.0 Å². The molecule has 5 nitrogen and oxygen atoms in total. The Labute approximate surface area is 177 Å². The van der Waals surface area contributed by atoms with Crippen LogP contribution >= 0.6 is 0 Å². The molecule has 1 heterocycles. The maximum atomic E-state index is 12.6. The zero-order valence-corrected chi connectivity index (χ0v) is 18.4. The van der Waals surface area contributed by atoms with Crippen LogP contribution in [0.3, 0.4) is 0 Å². The second-order valence-corrected chi connectivity index (χ2v) is 10.1. The van der Waals surface area contributed by atoms with E-state index >= 15 is 0 Å². The van der Waals surface area contributed by atoms with Gasteiger partial charge in [-0.05, 0) is 94.4 Å². The number of likely N-dealkylation sites (tertiary alicyclic amines) is 1. The van der Waals surface area contributed by atoms with Crippen molar-refractivity contribution in [3.05, 3.63) is 29.3 Å². The molecule has 0 radical (unpaired) electrons. The maximum absolute atomic E-state index is 12.6. The average molecular weight is 449 g/mol. The number of piperidine rings is 1. The van der Waals surface area contributed by atoms with E-state index in [4.69, 9.17) is 0 Å². The Hall–Kier alpha value is -1.32. The molecule has 1 saturated heterocycles. The van der Waals surface area contributed by atoms with Crippen LogP contribution in [0, 0.1) is 5.92 Å². The highest BCUT2D eigenvalue weighted by molar-refractivity contribution is 7.88. The van der Waals surface area contributed by atoms with Crippen LogP contribution in [0.15, 0.2) is 18.2 Å². The van der Waals surface area contributed by atoms with Gasteiger partial charge in [-0.2, -0.15) is 21.6 Å². The maximum Gasteiger partial charge on any atom is 0.534 e. The van der Waals surface area contributed by atoms with E-state index in [0.717, 1.165) is 56.6 Å². The summed E-state index contributed by atoms with van der Waals surface area (Å²) in [5, 5.41) is 0. The summed E-state index contributed by atoms with van der Waals surface area (Å²) in [5.74, 6) is 0.393. The molecule has 9 heteroatoms. The van der Waals surface area contributed by atoms with E-state index in [1.807, 2.05) is 0 Å². The first-order chi connectivity index (χ1) is 14.1. The monoisotopic (exact) mass is 448 g/mol. The number of hydrogen-bond donors (Lipinski definition) is 0. The van der Waals surface area contributed by atoms with Crippen molar-refractivity contribution in [2.75, 3.05) is 33.2 Å². The molecule has 3 rings (SSSR count). The highest BCUT2D eigenvalue weighted by Crippen LogP contribution is 2.32. The lowest BCUT2D eigenvalue weighted by Gasteiger charge is -2.39. The predicted octanol–water partition coefficient (Wildman–Crippen LogP) is 3.83. The number of halogens is 3. The number of nitrogens with zero attached hydrogens (tertiary/aromatic N) is 2. The predicted molar refractivity (Wildman–Crippen MR) is 110 cm³/mol. The SMILES string of the molecule is CCCN(CC1CCN(C)CC1)C1CCc2ccc(OS(=O)(=O)C(F)(F)F)cc2C1. The average Bonchev–Trinajstić information content (AvgIpc) is 2.67. The summed E-state index contributed by atoms with van der Waals surface area (Å²) in [5.41, 5.74) is -3.50. The normalized spacial score (nSPS) is 21.6. The highest BCUT2D eigenvalue weighted by atomic mass is 32.2. The number of benzene rings is 1. The van der Waals surface area contributed by atoms with Gasteiger partial charge in [0.05, 0.1) is 0 Å². The highest BCUT2D eigenvalue weighted by Gasteiger charge is 2.48. The lowest BCUT2D eigenvalue weighted by atomic mass is 9.86. The van der Waals surface area contributed by atoms with E-state index in [1.54, 1.807) is 6.07 Å². The van der Waals surface area contributed by atoms with E-state index in [2.05, 4.69) is 28.0 Å². The van der Waals surface area contributed by atoms with Crippen molar-refractivity contribution in [2.45, 2.75) is 57.0 Å². The van der Waals surface area contributed by atoms with Gasteiger partial charge < -0.3 is 9.08 Å². The van der Waals surface area contributed by atoms with Crippen molar-refractivity contribution in [1.82, 2.24) is 9.80 Å². The second-order valence-electron chi connectivity index (χ2n) is 8.55. The Kier molecular flexibility index (Phi) is 7.35. The van der Waals surface area contributed by atoms with Gasteiger partial charge in [-0.25, -0.2) is 0 Å². The summed E-state index contributed by atoms with van der Waals surface area (Å²) < 4.78 is 64.9. The number of aryl methyl sites for hydroxylation is 1. The van der Waals surface area contributed by atoms with Crippen LogP contribution in [0.1, 0.15) is 43.7 Å². The molecule has 1 aromatic carbocycles. The molecule has 30 heavy (non-hydrogen) atoms. The lowest BCUT2D eigenvalue weighted by molar-refractivity contribution is -0.0500. The fraction of sp³-hybridized carbons (Fsp3) is 0.714. The van der Waals surface area contributed by atoms with Crippen LogP contribution in [-0.2, 0) is 23.0 Å². The minimum absolute atomic E-state index is 0.274. The van der Waals surface area contributed by atoms with Gasteiger partial charge in [-0.15, -0.1) is 0 Å². The molecule has 170 valence electrons.